The number of hydrogen-bond acceptors (Lipinski definition) is 3. The van der Waals surface area contributed by atoms with E-state index in [1.54, 1.807) is 6.07 Å². The van der Waals surface area contributed by atoms with Crippen molar-refractivity contribution in [2.75, 3.05) is 39.3 Å². The highest BCUT2D eigenvalue weighted by atomic mass is 19.1. The van der Waals surface area contributed by atoms with Crippen molar-refractivity contribution in [3.05, 3.63) is 70.8 Å². The molecule has 2 atom stereocenters. The fourth-order valence-corrected chi connectivity index (χ4v) is 4.73. The lowest BCUT2D eigenvalue weighted by molar-refractivity contribution is 0.0926. The lowest BCUT2D eigenvalue weighted by Gasteiger charge is -2.38. The summed E-state index contributed by atoms with van der Waals surface area (Å²) in [6.45, 7) is 5.24. The maximum atomic E-state index is 14.0. The number of rotatable bonds is 6. The molecule has 3 nitrogen and oxygen atoms in total. The number of piperazine rings is 1. The lowest BCUT2D eigenvalue weighted by atomic mass is 9.93. The molecule has 4 rings (SSSR count). The number of fused-ring (bicyclic) bond motifs is 1. The van der Waals surface area contributed by atoms with Crippen molar-refractivity contribution in [3.8, 4) is 0 Å². The van der Waals surface area contributed by atoms with E-state index in [0.29, 0.717) is 0 Å². The predicted molar refractivity (Wildman–Crippen MR) is 106 cm³/mol. The molecule has 0 bridgehead atoms. The van der Waals surface area contributed by atoms with E-state index < -0.39 is 0 Å². The fourth-order valence-electron chi connectivity index (χ4n) is 4.73. The second-order valence-corrected chi connectivity index (χ2v) is 7.94. The third-order valence-corrected chi connectivity index (χ3v) is 6.24. The number of aliphatic hydroxyl groups is 1. The van der Waals surface area contributed by atoms with Gasteiger partial charge in [-0.1, -0.05) is 18.2 Å². The summed E-state index contributed by atoms with van der Waals surface area (Å²) in [5.41, 5.74) is 3.35. The van der Waals surface area contributed by atoms with Crippen LogP contribution in [-0.2, 0) is 0 Å². The van der Waals surface area contributed by atoms with E-state index in [4.69, 9.17) is 5.11 Å². The molecular formula is C23H28F2N2O. The average molecular weight is 386 g/mol. The Hall–Kier alpha value is -1.82. The number of halogens is 2. The zero-order valence-electron chi connectivity index (χ0n) is 16.2. The first-order chi connectivity index (χ1) is 13.7. The quantitative estimate of drug-likeness (QED) is 0.762. The van der Waals surface area contributed by atoms with Gasteiger partial charge in [0, 0.05) is 44.7 Å². The van der Waals surface area contributed by atoms with Gasteiger partial charge in [0.25, 0.3) is 0 Å². The van der Waals surface area contributed by atoms with Gasteiger partial charge in [-0.15, -0.1) is 0 Å². The number of hydrogen-bond donors (Lipinski definition) is 1. The first kappa shape index (κ1) is 19.5. The van der Waals surface area contributed by atoms with Crippen LogP contribution in [0.3, 0.4) is 0 Å². The molecule has 2 aromatic carbocycles. The van der Waals surface area contributed by atoms with Crippen LogP contribution >= 0.6 is 0 Å². The summed E-state index contributed by atoms with van der Waals surface area (Å²) in [4.78, 5) is 4.93. The summed E-state index contributed by atoms with van der Waals surface area (Å²) in [6, 6.07) is 12.1. The molecule has 2 aromatic rings. The van der Waals surface area contributed by atoms with E-state index >= 15 is 0 Å². The molecule has 0 unspecified atom stereocenters. The van der Waals surface area contributed by atoms with Crippen molar-refractivity contribution < 1.29 is 13.9 Å². The Kier molecular flexibility index (Phi) is 6.04. The summed E-state index contributed by atoms with van der Waals surface area (Å²) in [5.74, 6) is -0.232. The largest absolute Gasteiger partial charge is 0.396 e. The second-order valence-electron chi connectivity index (χ2n) is 7.94. The lowest BCUT2D eigenvalue weighted by Crippen LogP contribution is -2.47. The van der Waals surface area contributed by atoms with Gasteiger partial charge in [0.1, 0.15) is 11.6 Å². The van der Waals surface area contributed by atoms with Crippen LogP contribution in [-0.4, -0.2) is 54.2 Å². The topological polar surface area (TPSA) is 26.7 Å². The first-order valence-electron chi connectivity index (χ1n) is 10.3. The molecule has 1 fully saturated rings. The molecule has 1 aliphatic heterocycles. The third-order valence-electron chi connectivity index (χ3n) is 6.24. The van der Waals surface area contributed by atoms with Crippen molar-refractivity contribution >= 4 is 0 Å². The maximum Gasteiger partial charge on any atom is 0.123 e. The number of unbranched alkanes of at least 4 members (excludes halogenated alkanes) is 1. The van der Waals surface area contributed by atoms with Crippen molar-refractivity contribution in [1.29, 1.82) is 0 Å². The van der Waals surface area contributed by atoms with Gasteiger partial charge >= 0.3 is 0 Å². The molecule has 2 aliphatic rings. The van der Waals surface area contributed by atoms with Crippen LogP contribution in [0.25, 0.3) is 0 Å². The van der Waals surface area contributed by atoms with E-state index in [-0.39, 0.29) is 30.2 Å². The summed E-state index contributed by atoms with van der Waals surface area (Å²) in [7, 11) is 0. The number of aliphatic hydroxyl groups excluding tert-OH is 1. The second kappa shape index (κ2) is 8.68. The van der Waals surface area contributed by atoms with Crippen molar-refractivity contribution in [3.63, 3.8) is 0 Å². The Bertz CT molecular complexity index is 788. The average Bonchev–Trinajstić information content (AvgIpc) is 3.08. The molecule has 28 heavy (non-hydrogen) atoms. The SMILES string of the molecule is OCCCCN1CCN([C@H]2C[C@H](c3ccc(F)cc3)c3ccc(F)cc32)CC1. The normalized spacial score (nSPS) is 23.1. The van der Waals surface area contributed by atoms with E-state index in [2.05, 4.69) is 9.80 Å². The smallest absolute Gasteiger partial charge is 0.123 e. The molecule has 1 aliphatic carbocycles. The van der Waals surface area contributed by atoms with Crippen LogP contribution in [0.2, 0.25) is 0 Å². The Morgan fingerprint density at radius 2 is 1.57 bits per heavy atom. The molecule has 1 N–H and O–H groups in total. The van der Waals surface area contributed by atoms with Gasteiger partial charge in [0.15, 0.2) is 0 Å². The Morgan fingerprint density at radius 1 is 0.857 bits per heavy atom. The van der Waals surface area contributed by atoms with Gasteiger partial charge < -0.3 is 10.0 Å². The molecular weight excluding hydrogens is 358 g/mol. The third kappa shape index (κ3) is 4.12. The van der Waals surface area contributed by atoms with Gasteiger partial charge in [-0.05, 0) is 66.8 Å². The zero-order valence-corrected chi connectivity index (χ0v) is 16.2. The van der Waals surface area contributed by atoms with Crippen LogP contribution in [0.15, 0.2) is 42.5 Å². The Morgan fingerprint density at radius 3 is 2.29 bits per heavy atom. The van der Waals surface area contributed by atoms with Gasteiger partial charge in [-0.25, -0.2) is 8.78 Å². The highest BCUT2D eigenvalue weighted by Gasteiger charge is 2.36. The highest BCUT2D eigenvalue weighted by Crippen LogP contribution is 2.47. The molecule has 1 saturated heterocycles. The number of nitrogens with zero attached hydrogens (tertiary/aromatic N) is 2. The first-order valence-corrected chi connectivity index (χ1v) is 10.3. The van der Waals surface area contributed by atoms with Gasteiger partial charge in [-0.3, -0.25) is 4.90 Å². The van der Waals surface area contributed by atoms with E-state index in [0.717, 1.165) is 63.1 Å². The van der Waals surface area contributed by atoms with Crippen LogP contribution in [0.1, 0.15) is 47.9 Å². The zero-order chi connectivity index (χ0) is 19.5. The van der Waals surface area contributed by atoms with E-state index in [1.165, 1.54) is 23.8 Å². The monoisotopic (exact) mass is 386 g/mol. The minimum absolute atomic E-state index is 0.184. The Balaban J connectivity index is 1.49. The van der Waals surface area contributed by atoms with E-state index in [1.807, 2.05) is 18.2 Å². The summed E-state index contributed by atoms with van der Waals surface area (Å²) in [5, 5.41) is 8.95. The highest BCUT2D eigenvalue weighted by molar-refractivity contribution is 5.45. The number of benzene rings is 2. The Labute approximate surface area is 165 Å². The summed E-state index contributed by atoms with van der Waals surface area (Å²) in [6.07, 6.45) is 2.80. The van der Waals surface area contributed by atoms with Crippen LogP contribution < -0.4 is 0 Å². The molecule has 0 saturated carbocycles. The minimum Gasteiger partial charge on any atom is -0.396 e. The van der Waals surface area contributed by atoms with Crippen molar-refractivity contribution in [1.82, 2.24) is 9.80 Å². The minimum atomic E-state index is -0.227. The van der Waals surface area contributed by atoms with Crippen molar-refractivity contribution in [2.24, 2.45) is 0 Å². The molecule has 0 aromatic heterocycles. The van der Waals surface area contributed by atoms with Gasteiger partial charge in [0.2, 0.25) is 0 Å². The van der Waals surface area contributed by atoms with Crippen molar-refractivity contribution in [2.45, 2.75) is 31.2 Å². The van der Waals surface area contributed by atoms with Gasteiger partial charge in [-0.2, -0.15) is 0 Å². The van der Waals surface area contributed by atoms with Gasteiger partial charge in [0.05, 0.1) is 0 Å². The standard InChI is InChI=1S/C23H28F2N2O/c24-18-5-3-17(4-6-18)21-16-23(22-15-19(25)7-8-20(21)22)27-12-10-26(11-13-27)9-1-2-14-28/h3-8,15,21,23,28H,1-2,9-14,16H2/t21-,23+/m1/s1. The summed E-state index contributed by atoms with van der Waals surface area (Å²) >= 11 is 0. The molecule has 0 amide bonds. The molecule has 0 radical (unpaired) electrons. The molecule has 150 valence electrons. The van der Waals surface area contributed by atoms with Crippen LogP contribution in [0, 0.1) is 11.6 Å². The molecule has 1 heterocycles. The summed E-state index contributed by atoms with van der Waals surface area (Å²) < 4.78 is 27.4. The van der Waals surface area contributed by atoms with Crippen LogP contribution in [0.5, 0.6) is 0 Å². The predicted octanol–water partition coefficient (Wildman–Crippen LogP) is 3.93. The van der Waals surface area contributed by atoms with E-state index in [9.17, 15) is 8.78 Å². The van der Waals surface area contributed by atoms with Crippen LogP contribution in [0.4, 0.5) is 8.78 Å². The maximum absolute atomic E-state index is 14.0. The fraction of sp³-hybridized carbons (Fsp3) is 0.478. The molecule has 0 spiro atoms. The molecule has 5 heteroatoms.